The maximum atomic E-state index is 14.6. The van der Waals surface area contributed by atoms with Crippen LogP contribution in [0.5, 0.6) is 0 Å². The van der Waals surface area contributed by atoms with E-state index in [1.54, 1.807) is 0 Å². The van der Waals surface area contributed by atoms with Crippen molar-refractivity contribution in [2.24, 2.45) is 50.2 Å². The summed E-state index contributed by atoms with van der Waals surface area (Å²) in [5.41, 5.74) is -2.16. The Labute approximate surface area is 323 Å². The summed E-state index contributed by atoms with van der Waals surface area (Å²) in [4.78, 5) is 14.6. The Morgan fingerprint density at radius 2 is 1.45 bits per heavy atom. The Kier molecular flexibility index (Phi) is 10.8. The average Bonchev–Trinajstić information content (AvgIpc) is 3.14. The Morgan fingerprint density at radius 1 is 0.782 bits per heavy atom. The SMILES string of the molecule is CC1(C)CC[C@]2(C(=O)O[C@@H]3O[C@H](CO)[C@@H](O)[C@H](O)[C@H]3O)CC[C@]3(C)C(=CC[C@@H]4[C@@]5(C)CCC(O[C@@H]6OC[C@@H](O)[C@H](O)[C@H]6O)[C@@](C)(CO)[C@@H]5CC[C@]43C)[C@@H]2[C@@H]1O. The first kappa shape index (κ1) is 41.9. The maximum Gasteiger partial charge on any atom is 0.315 e. The molecule has 55 heavy (non-hydrogen) atoms. The molecule has 9 N–H and O–H groups in total. The van der Waals surface area contributed by atoms with E-state index in [1.165, 1.54) is 0 Å². The van der Waals surface area contributed by atoms with Crippen LogP contribution in [0.25, 0.3) is 0 Å². The fourth-order valence-corrected chi connectivity index (χ4v) is 13.3. The number of fused-ring (bicyclic) bond motifs is 7. The zero-order chi connectivity index (χ0) is 40.3. The quantitative estimate of drug-likeness (QED) is 0.104. The minimum Gasteiger partial charge on any atom is -0.432 e. The predicted molar refractivity (Wildman–Crippen MR) is 194 cm³/mol. The van der Waals surface area contributed by atoms with Crippen LogP contribution >= 0.6 is 0 Å². The Hall–Kier alpha value is -1.27. The molecule has 14 nitrogen and oxygen atoms in total. The summed E-state index contributed by atoms with van der Waals surface area (Å²) in [7, 11) is 0. The molecule has 314 valence electrons. The van der Waals surface area contributed by atoms with Crippen molar-refractivity contribution in [3.63, 3.8) is 0 Å². The largest absolute Gasteiger partial charge is 0.432 e. The highest BCUT2D eigenvalue weighted by molar-refractivity contribution is 5.79. The minimum atomic E-state index is -1.73. The lowest BCUT2D eigenvalue weighted by atomic mass is 9.33. The molecule has 2 saturated heterocycles. The van der Waals surface area contributed by atoms with Crippen molar-refractivity contribution in [2.75, 3.05) is 19.8 Å². The third-order valence-corrected chi connectivity index (χ3v) is 17.2. The number of carbonyl (C=O) groups is 1. The second-order valence-corrected chi connectivity index (χ2v) is 20.0. The molecule has 1 unspecified atom stereocenters. The van der Waals surface area contributed by atoms with Gasteiger partial charge in [0.25, 0.3) is 0 Å². The van der Waals surface area contributed by atoms with E-state index in [0.717, 1.165) is 24.8 Å². The maximum absolute atomic E-state index is 14.6. The van der Waals surface area contributed by atoms with Crippen molar-refractivity contribution >= 4 is 5.97 Å². The number of hydrogen-bond acceptors (Lipinski definition) is 14. The molecule has 0 aromatic heterocycles. The van der Waals surface area contributed by atoms with Gasteiger partial charge in [0.05, 0.1) is 37.4 Å². The van der Waals surface area contributed by atoms with Gasteiger partial charge < -0.3 is 64.9 Å². The molecule has 4 saturated carbocycles. The van der Waals surface area contributed by atoms with Gasteiger partial charge >= 0.3 is 5.97 Å². The van der Waals surface area contributed by atoms with E-state index in [2.05, 4.69) is 26.8 Å². The van der Waals surface area contributed by atoms with Gasteiger partial charge in [-0.1, -0.05) is 53.2 Å². The van der Waals surface area contributed by atoms with Crippen molar-refractivity contribution < 1.29 is 69.7 Å². The van der Waals surface area contributed by atoms with Gasteiger partial charge in [0, 0.05) is 11.3 Å². The Morgan fingerprint density at radius 3 is 2.13 bits per heavy atom. The highest BCUT2D eigenvalue weighted by Crippen LogP contribution is 2.76. The number of carbonyl (C=O) groups excluding carboxylic acids is 1. The van der Waals surface area contributed by atoms with Gasteiger partial charge in [0.2, 0.25) is 6.29 Å². The zero-order valence-corrected chi connectivity index (χ0v) is 33.2. The Bertz CT molecular complexity index is 1490. The number of aliphatic hydroxyl groups excluding tert-OH is 9. The summed E-state index contributed by atoms with van der Waals surface area (Å²) in [5, 5.41) is 95.7. The first-order valence-electron chi connectivity index (χ1n) is 20.5. The number of aliphatic hydroxyl groups is 9. The molecule has 0 radical (unpaired) electrons. The summed E-state index contributed by atoms with van der Waals surface area (Å²) < 4.78 is 23.5. The molecule has 0 spiro atoms. The number of rotatable bonds is 6. The van der Waals surface area contributed by atoms with Gasteiger partial charge in [-0.2, -0.15) is 0 Å². The molecule has 19 atom stereocenters. The monoisotopic (exact) mass is 782 g/mol. The third kappa shape index (κ3) is 5.97. The molecular weight excluding hydrogens is 716 g/mol. The van der Waals surface area contributed by atoms with E-state index in [4.69, 9.17) is 18.9 Å². The van der Waals surface area contributed by atoms with Crippen LogP contribution in [0, 0.1) is 50.2 Å². The van der Waals surface area contributed by atoms with E-state index in [-0.39, 0.29) is 35.9 Å². The average molecular weight is 783 g/mol. The molecule has 2 aliphatic heterocycles. The molecule has 2 heterocycles. The first-order chi connectivity index (χ1) is 25.7. The highest BCUT2D eigenvalue weighted by atomic mass is 16.7. The Balaban J connectivity index is 1.20. The van der Waals surface area contributed by atoms with E-state index < -0.39 is 108 Å². The molecule has 0 bridgehead atoms. The van der Waals surface area contributed by atoms with Gasteiger partial charge in [-0.05, 0) is 91.3 Å². The lowest BCUT2D eigenvalue weighted by molar-refractivity contribution is -0.313. The second kappa shape index (κ2) is 14.2. The van der Waals surface area contributed by atoms with Crippen molar-refractivity contribution in [3.8, 4) is 0 Å². The fourth-order valence-electron chi connectivity index (χ4n) is 13.3. The molecule has 0 aromatic carbocycles. The minimum absolute atomic E-state index is 0.0482. The van der Waals surface area contributed by atoms with Crippen LogP contribution in [0.1, 0.15) is 99.3 Å². The van der Waals surface area contributed by atoms with Crippen LogP contribution in [0.3, 0.4) is 0 Å². The van der Waals surface area contributed by atoms with Crippen LogP contribution < -0.4 is 0 Å². The van der Waals surface area contributed by atoms with Crippen molar-refractivity contribution in [1.29, 1.82) is 0 Å². The van der Waals surface area contributed by atoms with Gasteiger partial charge in [0.15, 0.2) is 6.29 Å². The summed E-state index contributed by atoms with van der Waals surface area (Å²) >= 11 is 0. The molecular formula is C41H66O14. The predicted octanol–water partition coefficient (Wildman–Crippen LogP) is 0.899. The lowest BCUT2D eigenvalue weighted by Gasteiger charge is -2.71. The van der Waals surface area contributed by atoms with Crippen molar-refractivity contribution in [1.82, 2.24) is 0 Å². The van der Waals surface area contributed by atoms with E-state index in [0.29, 0.717) is 38.5 Å². The summed E-state index contributed by atoms with van der Waals surface area (Å²) in [6.07, 6.45) is -6.32. The van der Waals surface area contributed by atoms with Crippen molar-refractivity contribution in [3.05, 3.63) is 11.6 Å². The molecule has 14 heteroatoms. The number of hydrogen-bond donors (Lipinski definition) is 9. The third-order valence-electron chi connectivity index (χ3n) is 17.2. The topological polar surface area (TPSA) is 236 Å². The standard InChI is InChI=1S/C41H66O14/c1-36(2)13-15-41(35(51)55-34-31(49)29(47)28(46)22(17-42)53-34)16-14-39(5)20(26(41)32(36)50)7-8-24-37(3)11-10-25(54-33-30(48)27(45)21(44)18-52-33)38(4,19-43)23(37)9-12-40(24,39)6/h7,21-34,42-50H,8-19H2,1-6H3/t21-,22-,23-,24-,25?,26-,27+,28-,29+,30-,31-,32+,33+,34+,37+,38+,39-,40-,41+/m1/s1. The molecule has 7 rings (SSSR count). The molecule has 0 aromatic rings. The van der Waals surface area contributed by atoms with E-state index in [9.17, 15) is 50.8 Å². The smallest absolute Gasteiger partial charge is 0.315 e. The first-order valence-corrected chi connectivity index (χ1v) is 20.5. The van der Waals surface area contributed by atoms with Crippen LogP contribution in [0.4, 0.5) is 0 Å². The van der Waals surface area contributed by atoms with E-state index >= 15 is 0 Å². The molecule has 5 aliphatic carbocycles. The fraction of sp³-hybridized carbons (Fsp3) is 0.927. The highest BCUT2D eigenvalue weighted by Gasteiger charge is 2.71. The van der Waals surface area contributed by atoms with Gasteiger partial charge in [-0.25, -0.2) is 0 Å². The number of allylic oxidation sites excluding steroid dienone is 1. The van der Waals surface area contributed by atoms with Gasteiger partial charge in [-0.3, -0.25) is 4.79 Å². The number of esters is 1. The zero-order valence-electron chi connectivity index (χ0n) is 33.2. The van der Waals surface area contributed by atoms with Gasteiger partial charge in [-0.15, -0.1) is 0 Å². The van der Waals surface area contributed by atoms with Crippen molar-refractivity contribution in [2.45, 2.75) is 167 Å². The van der Waals surface area contributed by atoms with E-state index in [1.807, 2.05) is 20.8 Å². The summed E-state index contributed by atoms with van der Waals surface area (Å²) in [6, 6.07) is 0. The van der Waals surface area contributed by atoms with Crippen LogP contribution in [0.15, 0.2) is 11.6 Å². The second-order valence-electron chi connectivity index (χ2n) is 20.0. The lowest BCUT2D eigenvalue weighted by Crippen LogP contribution is -2.68. The van der Waals surface area contributed by atoms with Crippen LogP contribution in [-0.4, -0.2) is 139 Å². The molecule has 0 amide bonds. The van der Waals surface area contributed by atoms with Crippen LogP contribution in [0.2, 0.25) is 0 Å². The normalized spacial score (nSPS) is 54.9. The number of ether oxygens (including phenoxy) is 4. The summed E-state index contributed by atoms with van der Waals surface area (Å²) in [6.45, 7) is 12.1. The van der Waals surface area contributed by atoms with Gasteiger partial charge in [0.1, 0.15) is 42.7 Å². The van der Waals surface area contributed by atoms with Crippen LogP contribution in [-0.2, 0) is 23.7 Å². The molecule has 7 aliphatic rings. The summed E-state index contributed by atoms with van der Waals surface area (Å²) in [5.74, 6) is -0.978. The molecule has 6 fully saturated rings.